The zero-order chi connectivity index (χ0) is 25.0. The Labute approximate surface area is 211 Å². The van der Waals surface area contributed by atoms with Crippen LogP contribution in [0, 0.1) is 5.92 Å². The topological polar surface area (TPSA) is 90.3 Å². The molecule has 1 N–H and O–H groups in total. The second-order valence-electron chi connectivity index (χ2n) is 9.14. The van der Waals surface area contributed by atoms with Crippen molar-refractivity contribution in [3.05, 3.63) is 70.9 Å². The Morgan fingerprint density at radius 3 is 2.51 bits per heavy atom. The fourth-order valence-electron chi connectivity index (χ4n) is 4.66. The lowest BCUT2D eigenvalue weighted by Crippen LogP contribution is -2.23. The number of rotatable bonds is 9. The molecule has 1 aliphatic rings. The molecule has 1 aromatic heterocycles. The van der Waals surface area contributed by atoms with Crippen LogP contribution in [0.2, 0.25) is 5.02 Å². The number of anilines is 1. The highest BCUT2D eigenvalue weighted by atomic mass is 35.5. The predicted octanol–water partition coefficient (Wildman–Crippen LogP) is 5.30. The summed E-state index contributed by atoms with van der Waals surface area (Å²) in [6.45, 7) is 0.563. The van der Waals surface area contributed by atoms with E-state index in [2.05, 4.69) is 10.4 Å². The first-order valence-corrected chi connectivity index (χ1v) is 14.0. The van der Waals surface area contributed by atoms with Crippen molar-refractivity contribution in [3.63, 3.8) is 0 Å². The summed E-state index contributed by atoms with van der Waals surface area (Å²) in [5.74, 6) is 1.09. The molecular weight excluding hydrogens is 486 g/mol. The van der Waals surface area contributed by atoms with Crippen LogP contribution in [-0.2, 0) is 21.2 Å². The zero-order valence-electron chi connectivity index (χ0n) is 19.9. The van der Waals surface area contributed by atoms with E-state index in [-0.39, 0.29) is 15.8 Å². The van der Waals surface area contributed by atoms with Gasteiger partial charge in [-0.1, -0.05) is 55.5 Å². The van der Waals surface area contributed by atoms with Crippen LogP contribution < -0.4 is 10.1 Å². The lowest BCUT2D eigenvalue weighted by atomic mass is 9.87. The Bertz CT molecular complexity index is 1280. The summed E-state index contributed by atoms with van der Waals surface area (Å²) in [6, 6.07) is 14.3. The molecule has 35 heavy (non-hydrogen) atoms. The van der Waals surface area contributed by atoms with Gasteiger partial charge in [0.15, 0.2) is 15.7 Å². The molecule has 0 unspecified atom stereocenters. The highest BCUT2D eigenvalue weighted by molar-refractivity contribution is 7.90. The minimum Gasteiger partial charge on any atom is -0.497 e. The van der Waals surface area contributed by atoms with Gasteiger partial charge >= 0.3 is 0 Å². The Hall–Kier alpha value is -2.84. The molecule has 0 radical (unpaired) electrons. The molecule has 186 valence electrons. The van der Waals surface area contributed by atoms with Crippen molar-refractivity contribution >= 4 is 33.2 Å². The first-order chi connectivity index (χ1) is 16.7. The second kappa shape index (κ2) is 10.8. The summed E-state index contributed by atoms with van der Waals surface area (Å²) in [6.07, 6.45) is 8.16. The van der Waals surface area contributed by atoms with Crippen molar-refractivity contribution in [3.8, 4) is 5.75 Å². The Balaban J connectivity index is 1.51. The molecule has 0 saturated heterocycles. The van der Waals surface area contributed by atoms with E-state index in [9.17, 15) is 13.2 Å². The number of hydrogen-bond acceptors (Lipinski definition) is 5. The maximum Gasteiger partial charge on any atom is 0.233 e. The van der Waals surface area contributed by atoms with Crippen LogP contribution in [0.25, 0.3) is 0 Å². The largest absolute Gasteiger partial charge is 0.497 e. The molecule has 1 aliphatic carbocycles. The van der Waals surface area contributed by atoms with Crippen molar-refractivity contribution in [2.75, 3.05) is 18.7 Å². The van der Waals surface area contributed by atoms with E-state index < -0.39 is 15.8 Å². The van der Waals surface area contributed by atoms with Gasteiger partial charge in [0.1, 0.15) is 5.75 Å². The van der Waals surface area contributed by atoms with E-state index >= 15 is 0 Å². The lowest BCUT2D eigenvalue weighted by molar-refractivity contribution is -0.118. The molecule has 2 aromatic carbocycles. The van der Waals surface area contributed by atoms with E-state index in [4.69, 9.17) is 16.3 Å². The van der Waals surface area contributed by atoms with E-state index in [1.54, 1.807) is 30.0 Å². The first-order valence-electron chi connectivity index (χ1n) is 11.7. The summed E-state index contributed by atoms with van der Waals surface area (Å²) < 4.78 is 30.9. The van der Waals surface area contributed by atoms with Gasteiger partial charge < -0.3 is 10.1 Å². The molecule has 1 atom stereocenters. The van der Waals surface area contributed by atoms with Gasteiger partial charge in [0.2, 0.25) is 5.91 Å². The van der Waals surface area contributed by atoms with E-state index in [0.717, 1.165) is 30.4 Å². The molecule has 0 aliphatic heterocycles. The second-order valence-corrected chi connectivity index (χ2v) is 11.5. The van der Waals surface area contributed by atoms with Crippen molar-refractivity contribution in [1.82, 2.24) is 9.78 Å². The Kier molecular flexibility index (Phi) is 7.82. The minimum atomic E-state index is -3.45. The van der Waals surface area contributed by atoms with Gasteiger partial charge in [0.25, 0.3) is 0 Å². The van der Waals surface area contributed by atoms with Crippen LogP contribution in [0.15, 0.2) is 59.6 Å². The van der Waals surface area contributed by atoms with Crippen LogP contribution in [0.4, 0.5) is 5.82 Å². The fourth-order valence-corrected chi connectivity index (χ4v) is 5.99. The van der Waals surface area contributed by atoms with Gasteiger partial charge in [-0.3, -0.25) is 9.48 Å². The van der Waals surface area contributed by atoms with Gasteiger partial charge in [0, 0.05) is 18.5 Å². The number of methoxy groups -OCH3 is 1. The average molecular weight is 516 g/mol. The van der Waals surface area contributed by atoms with E-state index in [1.165, 1.54) is 18.9 Å². The smallest absolute Gasteiger partial charge is 0.233 e. The maximum atomic E-state index is 13.4. The van der Waals surface area contributed by atoms with Crippen LogP contribution in [0.3, 0.4) is 0 Å². The summed E-state index contributed by atoms with van der Waals surface area (Å²) in [4.78, 5) is 13.5. The highest BCUT2D eigenvalue weighted by Gasteiger charge is 2.28. The van der Waals surface area contributed by atoms with Crippen molar-refractivity contribution in [2.45, 2.75) is 49.5 Å². The summed E-state index contributed by atoms with van der Waals surface area (Å²) in [7, 11) is -1.82. The third-order valence-corrected chi connectivity index (χ3v) is 8.09. The first kappa shape index (κ1) is 25.3. The third kappa shape index (κ3) is 6.44. The fraction of sp³-hybridized carbons (Fsp3) is 0.385. The van der Waals surface area contributed by atoms with Crippen LogP contribution in [0.1, 0.15) is 49.1 Å². The Morgan fingerprint density at radius 2 is 1.89 bits per heavy atom. The standard InChI is InChI=1S/C26H30ClN3O4S/c1-34-21-10-7-19(8-11-21)17-30-14-13-25(29-30)28-26(31)22(15-18-5-3-4-6-18)20-9-12-24(23(27)16-20)35(2,32)33/h7-14,16,18,22H,3-6,15,17H2,1-2H3,(H,28,29,31)/t22-/m1/s1. The minimum absolute atomic E-state index is 0.0696. The monoisotopic (exact) mass is 515 g/mol. The molecule has 1 heterocycles. The van der Waals surface area contributed by atoms with Crippen LogP contribution in [-0.4, -0.2) is 37.5 Å². The number of hydrogen-bond donors (Lipinski definition) is 1. The summed E-state index contributed by atoms with van der Waals surface area (Å²) in [5.41, 5.74) is 1.77. The average Bonchev–Trinajstić information content (AvgIpc) is 3.49. The SMILES string of the molecule is COc1ccc(Cn2ccc(NC(=O)[C@H](CC3CCCC3)c3ccc(S(C)(=O)=O)c(Cl)c3)n2)cc1. The molecule has 3 aromatic rings. The van der Waals surface area contributed by atoms with Gasteiger partial charge in [-0.15, -0.1) is 0 Å². The molecule has 1 fully saturated rings. The van der Waals surface area contributed by atoms with Gasteiger partial charge in [-0.2, -0.15) is 5.10 Å². The number of ether oxygens (including phenoxy) is 1. The molecular formula is C26H30ClN3O4S. The molecule has 1 amide bonds. The number of nitrogens with one attached hydrogen (secondary N) is 1. The van der Waals surface area contributed by atoms with E-state index in [1.807, 2.05) is 30.5 Å². The quantitative estimate of drug-likeness (QED) is 0.417. The molecule has 0 spiro atoms. The number of carbonyl (C=O) groups excluding carboxylic acids is 1. The number of amides is 1. The number of nitrogens with zero attached hydrogens (tertiary/aromatic N) is 2. The van der Waals surface area contributed by atoms with Crippen molar-refractivity contribution in [1.29, 1.82) is 0 Å². The number of halogens is 1. The maximum absolute atomic E-state index is 13.4. The predicted molar refractivity (Wildman–Crippen MR) is 137 cm³/mol. The number of benzene rings is 2. The van der Waals surface area contributed by atoms with Gasteiger partial charge in [-0.25, -0.2) is 8.42 Å². The number of aromatic nitrogens is 2. The lowest BCUT2D eigenvalue weighted by Gasteiger charge is -2.21. The number of carbonyl (C=O) groups is 1. The zero-order valence-corrected chi connectivity index (χ0v) is 21.5. The van der Waals surface area contributed by atoms with Gasteiger partial charge in [0.05, 0.1) is 29.5 Å². The number of sulfone groups is 1. The molecule has 1 saturated carbocycles. The summed E-state index contributed by atoms with van der Waals surface area (Å²) >= 11 is 6.30. The highest BCUT2D eigenvalue weighted by Crippen LogP contribution is 2.36. The van der Waals surface area contributed by atoms with E-state index in [0.29, 0.717) is 30.3 Å². The van der Waals surface area contributed by atoms with Crippen LogP contribution in [0.5, 0.6) is 5.75 Å². The van der Waals surface area contributed by atoms with Crippen LogP contribution >= 0.6 is 11.6 Å². The normalized spacial score (nSPS) is 15.2. The van der Waals surface area contributed by atoms with Crippen molar-refractivity contribution < 1.29 is 17.9 Å². The third-order valence-electron chi connectivity index (χ3n) is 6.51. The summed E-state index contributed by atoms with van der Waals surface area (Å²) in [5, 5.41) is 7.60. The molecule has 4 rings (SSSR count). The molecule has 7 nitrogen and oxygen atoms in total. The van der Waals surface area contributed by atoms with Crippen molar-refractivity contribution in [2.24, 2.45) is 5.92 Å². The Morgan fingerprint density at radius 1 is 1.17 bits per heavy atom. The molecule has 0 bridgehead atoms. The molecule has 9 heteroatoms. The van der Waals surface area contributed by atoms with Gasteiger partial charge in [-0.05, 0) is 47.7 Å².